The standard InChI is InChI=1S/C14H6F4N2O/c15-10-9(11(16)14(18)20-13(10)17)6-3-4-8(21)12-7(6)2-1-5-19-12/h1-5,21H. The summed E-state index contributed by atoms with van der Waals surface area (Å²) in [7, 11) is 0. The van der Waals surface area contributed by atoms with Gasteiger partial charge in [0.1, 0.15) is 11.3 Å². The summed E-state index contributed by atoms with van der Waals surface area (Å²) >= 11 is 0. The Balaban J connectivity index is 2.45. The Morgan fingerprint density at radius 2 is 1.57 bits per heavy atom. The molecule has 3 nitrogen and oxygen atoms in total. The molecule has 0 aliphatic carbocycles. The first-order valence-corrected chi connectivity index (χ1v) is 5.77. The predicted octanol–water partition coefficient (Wildman–Crippen LogP) is 3.56. The maximum atomic E-state index is 13.8. The van der Waals surface area contributed by atoms with Gasteiger partial charge in [-0.05, 0) is 23.8 Å². The van der Waals surface area contributed by atoms with Crippen LogP contribution in [0.5, 0.6) is 5.75 Å². The summed E-state index contributed by atoms with van der Waals surface area (Å²) in [6.45, 7) is 0. The molecule has 0 saturated heterocycles. The minimum absolute atomic E-state index is 0.0615. The van der Waals surface area contributed by atoms with Crippen LogP contribution in [0.25, 0.3) is 22.0 Å². The van der Waals surface area contributed by atoms with E-state index in [1.54, 1.807) is 0 Å². The summed E-state index contributed by atoms with van der Waals surface area (Å²) in [6, 6.07) is 5.18. The van der Waals surface area contributed by atoms with Gasteiger partial charge < -0.3 is 5.11 Å². The summed E-state index contributed by atoms with van der Waals surface area (Å²) in [5.41, 5.74) is -0.962. The third-order valence-corrected chi connectivity index (χ3v) is 3.02. The number of fused-ring (bicyclic) bond motifs is 1. The van der Waals surface area contributed by atoms with Crippen LogP contribution in [0.15, 0.2) is 30.5 Å². The molecule has 21 heavy (non-hydrogen) atoms. The van der Waals surface area contributed by atoms with Crippen LogP contribution >= 0.6 is 0 Å². The lowest BCUT2D eigenvalue weighted by atomic mass is 10.00. The van der Waals surface area contributed by atoms with Crippen molar-refractivity contribution in [2.24, 2.45) is 0 Å². The Bertz CT molecular complexity index is 841. The van der Waals surface area contributed by atoms with Gasteiger partial charge >= 0.3 is 0 Å². The lowest BCUT2D eigenvalue weighted by Crippen LogP contribution is -2.03. The van der Waals surface area contributed by atoms with Gasteiger partial charge in [-0.1, -0.05) is 6.07 Å². The third kappa shape index (κ3) is 1.97. The number of nitrogens with zero attached hydrogens (tertiary/aromatic N) is 2. The molecule has 106 valence electrons. The topological polar surface area (TPSA) is 46.0 Å². The van der Waals surface area contributed by atoms with Crippen molar-refractivity contribution in [1.82, 2.24) is 9.97 Å². The molecule has 0 amide bonds. The molecule has 0 atom stereocenters. The summed E-state index contributed by atoms with van der Waals surface area (Å²) in [4.78, 5) is 6.38. The summed E-state index contributed by atoms with van der Waals surface area (Å²) in [5, 5.41) is 9.83. The van der Waals surface area contributed by atoms with E-state index in [0.29, 0.717) is 0 Å². The molecule has 0 bridgehead atoms. The number of phenols is 1. The first kappa shape index (κ1) is 13.3. The molecule has 3 rings (SSSR count). The molecule has 0 unspecified atom stereocenters. The van der Waals surface area contributed by atoms with Crippen molar-refractivity contribution in [3.05, 3.63) is 54.0 Å². The van der Waals surface area contributed by atoms with Crippen molar-refractivity contribution in [2.75, 3.05) is 0 Å². The SMILES string of the molecule is Oc1ccc(-c2c(F)c(F)nc(F)c2F)c2cccnc12. The number of benzene rings is 1. The average Bonchev–Trinajstić information content (AvgIpc) is 2.48. The van der Waals surface area contributed by atoms with Crippen LogP contribution in [0.1, 0.15) is 0 Å². The van der Waals surface area contributed by atoms with Crippen LogP contribution in [0, 0.1) is 23.5 Å². The molecule has 7 heteroatoms. The minimum atomic E-state index is -1.74. The minimum Gasteiger partial charge on any atom is -0.506 e. The average molecular weight is 294 g/mol. The number of aromatic hydroxyl groups is 1. The van der Waals surface area contributed by atoms with E-state index in [0.717, 1.165) is 12.1 Å². The number of rotatable bonds is 1. The van der Waals surface area contributed by atoms with Crippen LogP contribution in [-0.2, 0) is 0 Å². The predicted molar refractivity (Wildman–Crippen MR) is 66.5 cm³/mol. The highest BCUT2D eigenvalue weighted by atomic mass is 19.2. The molecular formula is C14H6F4N2O. The van der Waals surface area contributed by atoms with Crippen molar-refractivity contribution in [1.29, 1.82) is 0 Å². The first-order valence-electron chi connectivity index (χ1n) is 5.77. The van der Waals surface area contributed by atoms with Gasteiger partial charge in [0.2, 0.25) is 0 Å². The number of halogens is 4. The van der Waals surface area contributed by atoms with E-state index in [2.05, 4.69) is 9.97 Å². The highest BCUT2D eigenvalue weighted by Crippen LogP contribution is 2.36. The van der Waals surface area contributed by atoms with Crippen LogP contribution in [-0.4, -0.2) is 15.1 Å². The Morgan fingerprint density at radius 1 is 0.905 bits per heavy atom. The van der Waals surface area contributed by atoms with E-state index in [1.165, 1.54) is 18.3 Å². The highest BCUT2D eigenvalue weighted by Gasteiger charge is 2.23. The molecule has 0 fully saturated rings. The van der Waals surface area contributed by atoms with Crippen LogP contribution < -0.4 is 0 Å². The first-order chi connectivity index (χ1) is 10.0. The zero-order valence-corrected chi connectivity index (χ0v) is 10.2. The van der Waals surface area contributed by atoms with Crippen molar-refractivity contribution >= 4 is 10.9 Å². The number of hydrogen-bond acceptors (Lipinski definition) is 3. The van der Waals surface area contributed by atoms with Crippen LogP contribution in [0.3, 0.4) is 0 Å². The van der Waals surface area contributed by atoms with Crippen molar-refractivity contribution in [3.63, 3.8) is 0 Å². The van der Waals surface area contributed by atoms with Gasteiger partial charge in [-0.15, -0.1) is 0 Å². The second-order valence-electron chi connectivity index (χ2n) is 4.23. The third-order valence-electron chi connectivity index (χ3n) is 3.02. The number of pyridine rings is 2. The summed E-state index contributed by atoms with van der Waals surface area (Å²) < 4.78 is 54.1. The molecule has 0 saturated carbocycles. The fraction of sp³-hybridized carbons (Fsp3) is 0. The molecule has 1 aromatic carbocycles. The molecule has 0 spiro atoms. The quantitative estimate of drug-likeness (QED) is 0.551. The smallest absolute Gasteiger partial charge is 0.252 e. The van der Waals surface area contributed by atoms with E-state index >= 15 is 0 Å². The summed E-state index contributed by atoms with van der Waals surface area (Å²) in [5.74, 6) is -6.91. The van der Waals surface area contributed by atoms with Gasteiger partial charge in [0, 0.05) is 11.6 Å². The van der Waals surface area contributed by atoms with E-state index in [9.17, 15) is 22.7 Å². The zero-order chi connectivity index (χ0) is 15.1. The van der Waals surface area contributed by atoms with Gasteiger partial charge in [0.25, 0.3) is 11.9 Å². The lowest BCUT2D eigenvalue weighted by Gasteiger charge is -2.10. The Hall–Kier alpha value is -2.70. The molecule has 0 radical (unpaired) electrons. The monoisotopic (exact) mass is 294 g/mol. The van der Waals surface area contributed by atoms with E-state index in [1.807, 2.05) is 0 Å². The Labute approximate surface area is 115 Å². The number of phenolic OH excluding ortho intramolecular Hbond substituents is 1. The van der Waals surface area contributed by atoms with Gasteiger partial charge in [-0.3, -0.25) is 4.98 Å². The molecule has 2 heterocycles. The normalized spacial score (nSPS) is 11.0. The van der Waals surface area contributed by atoms with Crippen molar-refractivity contribution in [3.8, 4) is 16.9 Å². The van der Waals surface area contributed by atoms with Gasteiger partial charge in [0.15, 0.2) is 11.6 Å². The largest absolute Gasteiger partial charge is 0.506 e. The number of aromatic nitrogens is 2. The fourth-order valence-electron chi connectivity index (χ4n) is 2.10. The molecule has 3 aromatic rings. The van der Waals surface area contributed by atoms with Crippen LogP contribution in [0.2, 0.25) is 0 Å². The highest BCUT2D eigenvalue weighted by molar-refractivity contribution is 5.97. The molecule has 2 aromatic heterocycles. The molecular weight excluding hydrogens is 288 g/mol. The van der Waals surface area contributed by atoms with Gasteiger partial charge in [-0.25, -0.2) is 8.78 Å². The Kier molecular flexibility index (Phi) is 2.97. The lowest BCUT2D eigenvalue weighted by molar-refractivity contribution is 0.410. The van der Waals surface area contributed by atoms with E-state index < -0.39 is 29.1 Å². The zero-order valence-electron chi connectivity index (χ0n) is 10.2. The number of hydrogen-bond donors (Lipinski definition) is 1. The Morgan fingerprint density at radius 3 is 2.24 bits per heavy atom. The van der Waals surface area contributed by atoms with E-state index in [-0.39, 0.29) is 22.2 Å². The second-order valence-corrected chi connectivity index (χ2v) is 4.23. The van der Waals surface area contributed by atoms with Gasteiger partial charge in [0.05, 0.1) is 5.56 Å². The summed E-state index contributed by atoms with van der Waals surface area (Å²) in [6.07, 6.45) is 1.37. The molecule has 1 N–H and O–H groups in total. The maximum Gasteiger partial charge on any atom is 0.252 e. The second kappa shape index (κ2) is 4.69. The maximum absolute atomic E-state index is 13.8. The molecule has 0 aliphatic rings. The molecule has 0 aliphatic heterocycles. The fourth-order valence-corrected chi connectivity index (χ4v) is 2.10. The van der Waals surface area contributed by atoms with Crippen molar-refractivity contribution < 1.29 is 22.7 Å². The van der Waals surface area contributed by atoms with E-state index in [4.69, 9.17) is 0 Å². The van der Waals surface area contributed by atoms with Crippen molar-refractivity contribution in [2.45, 2.75) is 0 Å². The van der Waals surface area contributed by atoms with Crippen LogP contribution in [0.4, 0.5) is 17.6 Å². The van der Waals surface area contributed by atoms with Gasteiger partial charge in [-0.2, -0.15) is 13.8 Å².